The summed E-state index contributed by atoms with van der Waals surface area (Å²) in [5.41, 5.74) is 0.383. The van der Waals surface area contributed by atoms with Gasteiger partial charge in [-0.3, -0.25) is 14.9 Å². The normalized spacial score (nSPS) is 10.1. The number of aromatic nitrogens is 1. The lowest BCUT2D eigenvalue weighted by atomic mass is 10.3. The zero-order valence-corrected chi connectivity index (χ0v) is 12.2. The molecular formula is C13H10ClN3O3S. The van der Waals surface area contributed by atoms with Gasteiger partial charge < -0.3 is 5.32 Å². The van der Waals surface area contributed by atoms with Gasteiger partial charge in [0.25, 0.3) is 0 Å². The highest BCUT2D eigenvalue weighted by Crippen LogP contribution is 2.26. The van der Waals surface area contributed by atoms with E-state index in [1.807, 2.05) is 0 Å². The molecule has 0 bridgehead atoms. The van der Waals surface area contributed by atoms with Gasteiger partial charge in [-0.25, -0.2) is 4.98 Å². The molecule has 0 fully saturated rings. The van der Waals surface area contributed by atoms with Gasteiger partial charge in [0, 0.05) is 12.3 Å². The van der Waals surface area contributed by atoms with Crippen LogP contribution in [0.2, 0.25) is 5.02 Å². The number of carbonyl (C=O) groups excluding carboxylic acids is 1. The quantitative estimate of drug-likeness (QED) is 0.518. The number of pyridine rings is 1. The van der Waals surface area contributed by atoms with Crippen LogP contribution in [-0.2, 0) is 4.79 Å². The van der Waals surface area contributed by atoms with E-state index in [4.69, 9.17) is 11.6 Å². The van der Waals surface area contributed by atoms with Gasteiger partial charge in [-0.15, -0.1) is 0 Å². The summed E-state index contributed by atoms with van der Waals surface area (Å²) in [6, 6.07) is 9.66. The van der Waals surface area contributed by atoms with Crippen molar-refractivity contribution in [2.24, 2.45) is 0 Å². The highest BCUT2D eigenvalue weighted by Gasteiger charge is 2.16. The molecule has 0 aliphatic carbocycles. The highest BCUT2D eigenvalue weighted by atomic mass is 35.5. The van der Waals surface area contributed by atoms with E-state index in [-0.39, 0.29) is 22.4 Å². The third kappa shape index (κ3) is 4.17. The second-order valence-corrected chi connectivity index (χ2v) is 5.27. The Bertz CT molecular complexity index is 681. The minimum atomic E-state index is -0.526. The number of anilines is 1. The summed E-state index contributed by atoms with van der Waals surface area (Å²) < 4.78 is 0. The predicted octanol–water partition coefficient (Wildman–Crippen LogP) is 3.37. The summed E-state index contributed by atoms with van der Waals surface area (Å²) in [6.45, 7) is 0. The molecule has 8 heteroatoms. The number of thioether (sulfide) groups is 1. The van der Waals surface area contributed by atoms with Crippen LogP contribution in [0.4, 0.5) is 11.4 Å². The van der Waals surface area contributed by atoms with E-state index in [9.17, 15) is 14.9 Å². The Balaban J connectivity index is 1.99. The molecule has 0 atom stereocenters. The van der Waals surface area contributed by atoms with Gasteiger partial charge >= 0.3 is 5.69 Å². The molecule has 0 aliphatic rings. The fourth-order valence-electron chi connectivity index (χ4n) is 1.52. The first-order chi connectivity index (χ1) is 10.1. The number of amides is 1. The van der Waals surface area contributed by atoms with Gasteiger partial charge in [-0.05, 0) is 18.2 Å². The fourth-order valence-corrected chi connectivity index (χ4v) is 2.46. The molecule has 0 unspecified atom stereocenters. The Morgan fingerprint density at radius 1 is 1.33 bits per heavy atom. The number of nitrogens with zero attached hydrogens (tertiary/aromatic N) is 2. The van der Waals surface area contributed by atoms with Crippen LogP contribution in [0.3, 0.4) is 0 Å². The predicted molar refractivity (Wildman–Crippen MR) is 81.7 cm³/mol. The first-order valence-corrected chi connectivity index (χ1v) is 7.21. The second-order valence-electron chi connectivity index (χ2n) is 3.90. The topological polar surface area (TPSA) is 85.1 Å². The lowest BCUT2D eigenvalue weighted by Crippen LogP contribution is -2.14. The van der Waals surface area contributed by atoms with Gasteiger partial charge in [0.2, 0.25) is 5.91 Å². The number of nitro groups is 1. The number of nitrogens with one attached hydrogen (secondary N) is 1. The summed E-state index contributed by atoms with van der Waals surface area (Å²) in [5.74, 6) is -0.309. The third-order valence-corrected chi connectivity index (χ3v) is 3.76. The van der Waals surface area contributed by atoms with Crippen LogP contribution < -0.4 is 5.32 Å². The van der Waals surface area contributed by atoms with E-state index >= 15 is 0 Å². The molecule has 6 nitrogen and oxygen atoms in total. The Kier molecular flexibility index (Phi) is 5.13. The van der Waals surface area contributed by atoms with Crippen molar-refractivity contribution in [1.82, 2.24) is 4.98 Å². The van der Waals surface area contributed by atoms with Crippen LogP contribution >= 0.6 is 23.4 Å². The van der Waals surface area contributed by atoms with Crippen LogP contribution in [0.5, 0.6) is 0 Å². The molecule has 1 heterocycles. The standard InChI is InChI=1S/C13H10ClN3O3S/c14-9-4-1-2-5-10(9)16-12(18)8-21-13-11(17(19)20)6-3-7-15-13/h1-7H,8H2,(H,16,18). The summed E-state index contributed by atoms with van der Waals surface area (Å²) in [6.07, 6.45) is 1.45. The van der Waals surface area contributed by atoms with Gasteiger partial charge in [0.1, 0.15) is 0 Å². The zero-order valence-electron chi connectivity index (χ0n) is 10.7. The number of hydrogen-bond acceptors (Lipinski definition) is 5. The minimum absolute atomic E-state index is 0.00305. The van der Waals surface area contributed by atoms with Crippen molar-refractivity contribution in [2.45, 2.75) is 5.03 Å². The van der Waals surface area contributed by atoms with Gasteiger partial charge in [-0.1, -0.05) is 35.5 Å². The number of para-hydroxylation sites is 1. The molecule has 1 amide bonds. The van der Waals surface area contributed by atoms with Crippen molar-refractivity contribution in [3.8, 4) is 0 Å². The fraction of sp³-hybridized carbons (Fsp3) is 0.0769. The largest absolute Gasteiger partial charge is 0.324 e. The van der Waals surface area contributed by atoms with Crippen molar-refractivity contribution in [3.05, 3.63) is 57.7 Å². The summed E-state index contributed by atoms with van der Waals surface area (Å²) >= 11 is 6.93. The summed E-state index contributed by atoms with van der Waals surface area (Å²) in [7, 11) is 0. The van der Waals surface area contributed by atoms with Crippen LogP contribution in [0.15, 0.2) is 47.6 Å². The first kappa shape index (κ1) is 15.3. The maximum absolute atomic E-state index is 11.8. The number of rotatable bonds is 5. The molecule has 0 radical (unpaired) electrons. The van der Waals surface area contributed by atoms with E-state index in [2.05, 4.69) is 10.3 Å². The molecule has 1 N–H and O–H groups in total. The SMILES string of the molecule is O=C(CSc1ncccc1[N+](=O)[O-])Nc1ccccc1Cl. The van der Waals surface area contributed by atoms with Crippen molar-refractivity contribution in [2.75, 3.05) is 11.1 Å². The van der Waals surface area contributed by atoms with E-state index in [1.165, 1.54) is 18.3 Å². The Morgan fingerprint density at radius 2 is 2.10 bits per heavy atom. The van der Waals surface area contributed by atoms with Gasteiger partial charge in [-0.2, -0.15) is 0 Å². The smallest absolute Gasteiger partial charge is 0.301 e. The van der Waals surface area contributed by atoms with E-state index in [0.29, 0.717) is 10.7 Å². The van der Waals surface area contributed by atoms with E-state index in [1.54, 1.807) is 24.3 Å². The Morgan fingerprint density at radius 3 is 2.81 bits per heavy atom. The maximum atomic E-state index is 11.8. The number of halogens is 1. The average Bonchev–Trinajstić information content (AvgIpc) is 2.48. The molecule has 108 valence electrons. The number of benzene rings is 1. The number of carbonyl (C=O) groups is 1. The molecule has 2 aromatic rings. The molecule has 2 rings (SSSR count). The molecule has 0 saturated heterocycles. The van der Waals surface area contributed by atoms with E-state index < -0.39 is 4.92 Å². The lowest BCUT2D eigenvalue weighted by molar-refractivity contribution is -0.388. The van der Waals surface area contributed by atoms with E-state index in [0.717, 1.165) is 11.8 Å². The molecule has 0 aliphatic heterocycles. The van der Waals surface area contributed by atoms with Crippen molar-refractivity contribution in [3.63, 3.8) is 0 Å². The van der Waals surface area contributed by atoms with Gasteiger partial charge in [0.05, 0.1) is 21.4 Å². The molecule has 0 spiro atoms. The highest BCUT2D eigenvalue weighted by molar-refractivity contribution is 8.00. The Hall–Kier alpha value is -2.12. The molecule has 1 aromatic carbocycles. The molecule has 21 heavy (non-hydrogen) atoms. The van der Waals surface area contributed by atoms with Crippen LogP contribution in [0, 0.1) is 10.1 Å². The van der Waals surface area contributed by atoms with Crippen LogP contribution in [0.25, 0.3) is 0 Å². The third-order valence-electron chi connectivity index (χ3n) is 2.44. The zero-order chi connectivity index (χ0) is 15.2. The molecule has 1 aromatic heterocycles. The van der Waals surface area contributed by atoms with Crippen molar-refractivity contribution < 1.29 is 9.72 Å². The molecular weight excluding hydrogens is 314 g/mol. The molecule has 0 saturated carbocycles. The van der Waals surface area contributed by atoms with Crippen molar-refractivity contribution in [1.29, 1.82) is 0 Å². The second kappa shape index (κ2) is 7.05. The summed E-state index contributed by atoms with van der Waals surface area (Å²) in [5, 5.41) is 14.1. The average molecular weight is 324 g/mol. The van der Waals surface area contributed by atoms with Crippen LogP contribution in [0.1, 0.15) is 0 Å². The first-order valence-electron chi connectivity index (χ1n) is 5.84. The minimum Gasteiger partial charge on any atom is -0.324 e. The summed E-state index contributed by atoms with van der Waals surface area (Å²) in [4.78, 5) is 26.1. The van der Waals surface area contributed by atoms with Gasteiger partial charge in [0.15, 0.2) is 5.03 Å². The lowest BCUT2D eigenvalue weighted by Gasteiger charge is -2.06. The maximum Gasteiger partial charge on any atom is 0.301 e. The monoisotopic (exact) mass is 323 g/mol. The van der Waals surface area contributed by atoms with Crippen LogP contribution in [-0.4, -0.2) is 21.6 Å². The number of hydrogen-bond donors (Lipinski definition) is 1. The Labute approximate surface area is 129 Å². The van der Waals surface area contributed by atoms with Crippen molar-refractivity contribution >= 4 is 40.6 Å².